The van der Waals surface area contributed by atoms with Crippen molar-refractivity contribution in [3.8, 4) is 0 Å². The smallest absolute Gasteiger partial charge is 0.128 e. The fourth-order valence-electron chi connectivity index (χ4n) is 1.81. The van der Waals surface area contributed by atoms with E-state index in [4.69, 9.17) is 5.73 Å². The summed E-state index contributed by atoms with van der Waals surface area (Å²) in [6.45, 7) is 2.37. The van der Waals surface area contributed by atoms with Gasteiger partial charge in [0.25, 0.3) is 0 Å². The molecular weight excluding hydrogens is 297 g/mol. The number of benzene rings is 1. The Hall–Kier alpha value is -1.20. The maximum absolute atomic E-state index is 13.6. The van der Waals surface area contributed by atoms with E-state index in [9.17, 15) is 4.39 Å². The van der Waals surface area contributed by atoms with E-state index in [1.54, 1.807) is 23.0 Å². The van der Waals surface area contributed by atoms with Crippen molar-refractivity contribution in [3.05, 3.63) is 52.0 Å². The largest absolute Gasteiger partial charge is 0.328 e. The van der Waals surface area contributed by atoms with Gasteiger partial charge >= 0.3 is 0 Å². The molecular formula is C13H15BrFN3. The summed E-state index contributed by atoms with van der Waals surface area (Å²) in [5, 5.41) is 4.21. The molecule has 96 valence electrons. The van der Waals surface area contributed by atoms with Crippen LogP contribution in [0.15, 0.2) is 35.1 Å². The number of hydrogen-bond donors (Lipinski definition) is 1. The molecule has 1 unspecified atom stereocenters. The van der Waals surface area contributed by atoms with Gasteiger partial charge in [0.1, 0.15) is 5.82 Å². The van der Waals surface area contributed by atoms with E-state index in [1.807, 2.05) is 13.1 Å². The van der Waals surface area contributed by atoms with Crippen LogP contribution >= 0.6 is 15.9 Å². The summed E-state index contributed by atoms with van der Waals surface area (Å²) in [4.78, 5) is 0. The Balaban J connectivity index is 2.13. The molecule has 0 fully saturated rings. The summed E-state index contributed by atoms with van der Waals surface area (Å²) in [5.41, 5.74) is 7.41. The van der Waals surface area contributed by atoms with Crippen LogP contribution in [0, 0.1) is 5.82 Å². The summed E-state index contributed by atoms with van der Waals surface area (Å²) in [6, 6.07) is 5.00. The highest BCUT2D eigenvalue weighted by molar-refractivity contribution is 9.10. The van der Waals surface area contributed by atoms with Crippen molar-refractivity contribution in [3.63, 3.8) is 0 Å². The Morgan fingerprint density at radius 3 is 3.00 bits per heavy atom. The maximum Gasteiger partial charge on any atom is 0.128 e. The van der Waals surface area contributed by atoms with E-state index in [-0.39, 0.29) is 11.9 Å². The monoisotopic (exact) mass is 311 g/mol. The van der Waals surface area contributed by atoms with E-state index in [0.717, 1.165) is 16.5 Å². The van der Waals surface area contributed by atoms with Crippen LogP contribution in [0.1, 0.15) is 18.1 Å². The Labute approximate surface area is 114 Å². The van der Waals surface area contributed by atoms with Gasteiger partial charge in [-0.1, -0.05) is 15.9 Å². The topological polar surface area (TPSA) is 43.8 Å². The highest BCUT2D eigenvalue weighted by Crippen LogP contribution is 2.16. The molecule has 0 amide bonds. The summed E-state index contributed by atoms with van der Waals surface area (Å²) in [7, 11) is 0. The summed E-state index contributed by atoms with van der Waals surface area (Å²) < 4.78 is 16.2. The number of rotatable bonds is 4. The van der Waals surface area contributed by atoms with Crippen LogP contribution in [0.25, 0.3) is 0 Å². The van der Waals surface area contributed by atoms with Gasteiger partial charge in [-0.25, -0.2) is 4.39 Å². The second-order valence-corrected chi connectivity index (χ2v) is 5.38. The van der Waals surface area contributed by atoms with Crippen LogP contribution in [0.2, 0.25) is 0 Å². The molecule has 18 heavy (non-hydrogen) atoms. The van der Waals surface area contributed by atoms with Gasteiger partial charge in [-0.2, -0.15) is 5.10 Å². The molecule has 1 atom stereocenters. The van der Waals surface area contributed by atoms with Crippen molar-refractivity contribution >= 4 is 15.9 Å². The zero-order chi connectivity index (χ0) is 13.1. The number of nitrogens with two attached hydrogens (primary N) is 1. The van der Waals surface area contributed by atoms with Gasteiger partial charge in [0.2, 0.25) is 0 Å². The second-order valence-electron chi connectivity index (χ2n) is 4.46. The highest BCUT2D eigenvalue weighted by atomic mass is 79.9. The zero-order valence-corrected chi connectivity index (χ0v) is 11.7. The number of hydrogen-bond acceptors (Lipinski definition) is 2. The molecule has 1 aromatic heterocycles. The molecule has 2 aromatic rings. The Bertz CT molecular complexity index is 537. The van der Waals surface area contributed by atoms with E-state index in [1.165, 1.54) is 6.07 Å². The molecule has 1 heterocycles. The molecule has 2 N–H and O–H groups in total. The quantitative estimate of drug-likeness (QED) is 0.943. The minimum Gasteiger partial charge on any atom is -0.328 e. The van der Waals surface area contributed by atoms with E-state index < -0.39 is 0 Å². The van der Waals surface area contributed by atoms with Gasteiger partial charge in [-0.15, -0.1) is 0 Å². The molecule has 1 aromatic carbocycles. The first-order valence-corrected chi connectivity index (χ1v) is 6.55. The molecule has 0 aliphatic rings. The molecule has 0 saturated heterocycles. The van der Waals surface area contributed by atoms with Crippen molar-refractivity contribution in [2.45, 2.75) is 25.9 Å². The van der Waals surface area contributed by atoms with Crippen molar-refractivity contribution in [1.82, 2.24) is 9.78 Å². The lowest BCUT2D eigenvalue weighted by atomic mass is 10.1. The van der Waals surface area contributed by atoms with Gasteiger partial charge in [-0.3, -0.25) is 4.68 Å². The van der Waals surface area contributed by atoms with Crippen molar-refractivity contribution in [1.29, 1.82) is 0 Å². The molecule has 3 nitrogen and oxygen atoms in total. The first-order chi connectivity index (χ1) is 8.54. The van der Waals surface area contributed by atoms with Crippen LogP contribution < -0.4 is 5.73 Å². The normalized spacial score (nSPS) is 12.7. The summed E-state index contributed by atoms with van der Waals surface area (Å²) in [5.74, 6) is -0.220. The predicted octanol–water partition coefficient (Wildman–Crippen LogP) is 2.72. The maximum atomic E-state index is 13.6. The Kier molecular flexibility index (Phi) is 4.14. The van der Waals surface area contributed by atoms with Crippen molar-refractivity contribution in [2.75, 3.05) is 0 Å². The van der Waals surface area contributed by atoms with E-state index >= 15 is 0 Å². The highest BCUT2D eigenvalue weighted by Gasteiger charge is 2.06. The molecule has 5 heteroatoms. The molecule has 0 aliphatic carbocycles. The summed E-state index contributed by atoms with van der Waals surface area (Å²) in [6.07, 6.45) is 4.46. The minimum absolute atomic E-state index is 0.102. The Morgan fingerprint density at radius 1 is 1.50 bits per heavy atom. The van der Waals surface area contributed by atoms with Crippen LogP contribution in [0.5, 0.6) is 0 Å². The van der Waals surface area contributed by atoms with Crippen molar-refractivity contribution in [2.24, 2.45) is 5.73 Å². The van der Waals surface area contributed by atoms with Gasteiger partial charge < -0.3 is 5.73 Å². The van der Waals surface area contributed by atoms with Gasteiger partial charge in [0.15, 0.2) is 0 Å². The average Bonchev–Trinajstić information content (AvgIpc) is 2.70. The van der Waals surface area contributed by atoms with E-state index in [0.29, 0.717) is 12.1 Å². The van der Waals surface area contributed by atoms with E-state index in [2.05, 4.69) is 21.0 Å². The third kappa shape index (κ3) is 3.40. The lowest BCUT2D eigenvalue weighted by molar-refractivity contribution is 0.584. The second kappa shape index (κ2) is 5.63. The third-order valence-corrected chi connectivity index (χ3v) is 3.08. The lowest BCUT2D eigenvalue weighted by Gasteiger charge is -2.04. The Morgan fingerprint density at radius 2 is 2.28 bits per heavy atom. The van der Waals surface area contributed by atoms with Crippen LogP contribution in [-0.4, -0.2) is 15.8 Å². The average molecular weight is 312 g/mol. The molecule has 0 spiro atoms. The fourth-order valence-corrected chi connectivity index (χ4v) is 2.22. The van der Waals surface area contributed by atoms with Crippen LogP contribution in [-0.2, 0) is 13.0 Å². The standard InChI is InChI=1S/C13H15BrFN3/c1-9(16)4-10-6-17-18(7-10)8-11-5-12(14)2-3-13(11)15/h2-3,5-7,9H,4,8,16H2,1H3. The number of aromatic nitrogens is 2. The van der Waals surface area contributed by atoms with Crippen molar-refractivity contribution < 1.29 is 4.39 Å². The lowest BCUT2D eigenvalue weighted by Crippen LogP contribution is -2.17. The molecule has 0 radical (unpaired) electrons. The molecule has 0 bridgehead atoms. The predicted molar refractivity (Wildman–Crippen MR) is 72.8 cm³/mol. The first kappa shape index (κ1) is 13.2. The van der Waals surface area contributed by atoms with Crippen LogP contribution in [0.3, 0.4) is 0 Å². The SMILES string of the molecule is CC(N)Cc1cnn(Cc2cc(Br)ccc2F)c1. The molecule has 0 saturated carbocycles. The molecule has 2 rings (SSSR count). The number of nitrogens with zero attached hydrogens (tertiary/aromatic N) is 2. The first-order valence-electron chi connectivity index (χ1n) is 5.75. The zero-order valence-electron chi connectivity index (χ0n) is 10.1. The summed E-state index contributed by atoms with van der Waals surface area (Å²) >= 11 is 3.33. The molecule has 0 aliphatic heterocycles. The van der Waals surface area contributed by atoms with Crippen LogP contribution in [0.4, 0.5) is 4.39 Å². The van der Waals surface area contributed by atoms with Gasteiger partial charge in [0, 0.05) is 22.3 Å². The van der Waals surface area contributed by atoms with Gasteiger partial charge in [-0.05, 0) is 37.1 Å². The third-order valence-electron chi connectivity index (χ3n) is 2.58. The number of halogens is 2. The fraction of sp³-hybridized carbons (Fsp3) is 0.308. The minimum atomic E-state index is -0.220. The van der Waals surface area contributed by atoms with Gasteiger partial charge in [0.05, 0.1) is 12.7 Å².